The lowest BCUT2D eigenvalue weighted by molar-refractivity contribution is -0.128. The topological polar surface area (TPSA) is 54.4 Å². The van der Waals surface area contributed by atoms with Crippen molar-refractivity contribution in [1.82, 2.24) is 0 Å². The molecule has 120 valence electrons. The van der Waals surface area contributed by atoms with Crippen LogP contribution in [0.3, 0.4) is 0 Å². The Labute approximate surface area is 136 Å². The monoisotopic (exact) mass is 310 g/mol. The van der Waals surface area contributed by atoms with Crippen LogP contribution in [-0.2, 0) is 9.59 Å². The van der Waals surface area contributed by atoms with Gasteiger partial charge in [0.2, 0.25) is 0 Å². The van der Waals surface area contributed by atoms with Crippen LogP contribution in [0, 0.1) is 29.6 Å². The zero-order valence-corrected chi connectivity index (χ0v) is 13.5. The summed E-state index contributed by atoms with van der Waals surface area (Å²) in [6, 6.07) is 0. The van der Waals surface area contributed by atoms with E-state index in [-0.39, 0.29) is 23.4 Å². The Hall–Kier alpha value is -1.66. The molecule has 0 spiro atoms. The van der Waals surface area contributed by atoms with E-state index in [0.29, 0.717) is 25.7 Å². The van der Waals surface area contributed by atoms with Crippen molar-refractivity contribution in [3.05, 3.63) is 22.8 Å². The fourth-order valence-electron chi connectivity index (χ4n) is 5.61. The molecule has 0 aromatic heterocycles. The Kier molecular flexibility index (Phi) is 3.03. The molecule has 0 bridgehead atoms. The fourth-order valence-corrected chi connectivity index (χ4v) is 5.61. The van der Waals surface area contributed by atoms with Gasteiger partial charge in [0.15, 0.2) is 11.6 Å². The van der Waals surface area contributed by atoms with Crippen LogP contribution in [0.2, 0.25) is 0 Å². The zero-order chi connectivity index (χ0) is 16.4. The van der Waals surface area contributed by atoms with E-state index in [2.05, 4.69) is 5.92 Å². The van der Waals surface area contributed by atoms with E-state index >= 15 is 0 Å². The molecule has 2 fully saturated rings. The van der Waals surface area contributed by atoms with Gasteiger partial charge >= 0.3 is 0 Å². The van der Waals surface area contributed by atoms with E-state index in [4.69, 9.17) is 6.42 Å². The number of carbonyl (C=O) groups is 2. The number of ketones is 2. The first-order chi connectivity index (χ1) is 10.9. The molecule has 0 radical (unpaired) electrons. The minimum atomic E-state index is -1.16. The standard InChI is InChI=1S/C20H22O3/c1-3-20(23)9-8-16-15-6-4-12-10-13(21)5-7-14(12)18(15)17(22)11-19(16,20)2/h1,10,15-16,23H,4-9,11H2,2H3/t15-,16-,19-,20-/m0/s1. The largest absolute Gasteiger partial charge is 0.377 e. The number of rotatable bonds is 0. The van der Waals surface area contributed by atoms with Gasteiger partial charge in [-0.3, -0.25) is 9.59 Å². The Bertz CT molecular complexity index is 720. The van der Waals surface area contributed by atoms with E-state index in [1.165, 1.54) is 0 Å². The summed E-state index contributed by atoms with van der Waals surface area (Å²) in [7, 11) is 0. The highest BCUT2D eigenvalue weighted by Crippen LogP contribution is 2.62. The highest BCUT2D eigenvalue weighted by molar-refractivity contribution is 6.01. The number of Topliss-reactive ketones (excluding diaryl/α,β-unsaturated/α-hetero) is 1. The van der Waals surface area contributed by atoms with Crippen molar-refractivity contribution in [2.24, 2.45) is 17.3 Å². The maximum absolute atomic E-state index is 13.0. The summed E-state index contributed by atoms with van der Waals surface area (Å²) >= 11 is 0. The molecule has 0 amide bonds. The van der Waals surface area contributed by atoms with Crippen molar-refractivity contribution in [3.8, 4) is 12.3 Å². The number of allylic oxidation sites excluding steroid dienone is 4. The Morgan fingerprint density at radius 1 is 1.26 bits per heavy atom. The van der Waals surface area contributed by atoms with Gasteiger partial charge in [0.05, 0.1) is 0 Å². The lowest BCUT2D eigenvalue weighted by Crippen LogP contribution is -2.51. The average molecular weight is 310 g/mol. The second-order valence-electron chi connectivity index (χ2n) is 7.84. The van der Waals surface area contributed by atoms with E-state index < -0.39 is 11.0 Å². The predicted octanol–water partition coefficient (Wildman–Crippen LogP) is 2.74. The Balaban J connectivity index is 1.82. The molecule has 0 aromatic carbocycles. The summed E-state index contributed by atoms with van der Waals surface area (Å²) in [5.74, 6) is 3.37. The molecule has 4 aliphatic carbocycles. The first-order valence-electron chi connectivity index (χ1n) is 8.60. The van der Waals surface area contributed by atoms with Crippen molar-refractivity contribution < 1.29 is 14.7 Å². The Morgan fingerprint density at radius 2 is 2.04 bits per heavy atom. The molecule has 23 heavy (non-hydrogen) atoms. The fraction of sp³-hybridized carbons (Fsp3) is 0.600. The normalized spacial score (nSPS) is 42.6. The van der Waals surface area contributed by atoms with Crippen molar-refractivity contribution >= 4 is 11.6 Å². The minimum absolute atomic E-state index is 0.138. The van der Waals surface area contributed by atoms with E-state index in [0.717, 1.165) is 36.0 Å². The van der Waals surface area contributed by atoms with Crippen molar-refractivity contribution in [3.63, 3.8) is 0 Å². The zero-order valence-electron chi connectivity index (χ0n) is 13.5. The summed E-state index contributed by atoms with van der Waals surface area (Å²) in [4.78, 5) is 24.6. The van der Waals surface area contributed by atoms with Gasteiger partial charge in [0.25, 0.3) is 0 Å². The summed E-state index contributed by atoms with van der Waals surface area (Å²) in [6.07, 6.45) is 12.1. The van der Waals surface area contributed by atoms with Gasteiger partial charge in [0.1, 0.15) is 5.60 Å². The number of carbonyl (C=O) groups excluding carboxylic acids is 2. The van der Waals surface area contributed by atoms with Crippen molar-refractivity contribution in [2.45, 2.75) is 57.5 Å². The van der Waals surface area contributed by atoms with Crippen LogP contribution in [-0.4, -0.2) is 22.3 Å². The maximum Gasteiger partial charge on any atom is 0.160 e. The van der Waals surface area contributed by atoms with Crippen LogP contribution in [0.1, 0.15) is 51.9 Å². The molecule has 0 unspecified atom stereocenters. The van der Waals surface area contributed by atoms with Gasteiger partial charge in [-0.1, -0.05) is 12.8 Å². The molecule has 0 saturated heterocycles. The molecule has 3 heteroatoms. The summed E-state index contributed by atoms with van der Waals surface area (Å²) < 4.78 is 0. The van der Waals surface area contributed by atoms with Crippen LogP contribution in [0.25, 0.3) is 0 Å². The van der Waals surface area contributed by atoms with Crippen LogP contribution in [0.5, 0.6) is 0 Å². The third-order valence-electron chi connectivity index (χ3n) is 6.90. The van der Waals surface area contributed by atoms with Gasteiger partial charge in [-0.2, -0.15) is 0 Å². The van der Waals surface area contributed by atoms with Crippen LogP contribution >= 0.6 is 0 Å². The third kappa shape index (κ3) is 1.82. The number of hydrogen-bond donors (Lipinski definition) is 1. The Morgan fingerprint density at radius 3 is 2.78 bits per heavy atom. The smallest absolute Gasteiger partial charge is 0.160 e. The predicted molar refractivity (Wildman–Crippen MR) is 86.3 cm³/mol. The molecule has 4 atom stereocenters. The van der Waals surface area contributed by atoms with Gasteiger partial charge in [0, 0.05) is 23.8 Å². The number of fused-ring (bicyclic) bond motifs is 4. The van der Waals surface area contributed by atoms with Crippen LogP contribution in [0.4, 0.5) is 0 Å². The molecule has 0 aliphatic heterocycles. The highest BCUT2D eigenvalue weighted by atomic mass is 16.3. The second-order valence-corrected chi connectivity index (χ2v) is 7.84. The summed E-state index contributed by atoms with van der Waals surface area (Å²) in [5.41, 5.74) is 1.49. The van der Waals surface area contributed by atoms with E-state index in [1.807, 2.05) is 6.92 Å². The molecular formula is C20H22O3. The van der Waals surface area contributed by atoms with E-state index in [9.17, 15) is 14.7 Å². The molecule has 1 N–H and O–H groups in total. The molecule has 3 nitrogen and oxygen atoms in total. The lowest BCUT2D eigenvalue weighted by atomic mass is 9.54. The molecule has 4 rings (SSSR count). The summed E-state index contributed by atoms with van der Waals surface area (Å²) in [6.45, 7) is 2.00. The number of aliphatic hydroxyl groups is 1. The van der Waals surface area contributed by atoms with Crippen molar-refractivity contribution in [2.75, 3.05) is 0 Å². The van der Waals surface area contributed by atoms with Crippen LogP contribution in [0.15, 0.2) is 22.8 Å². The molecular weight excluding hydrogens is 288 g/mol. The SMILES string of the molecule is C#C[C@]1(O)CC[C@H]2[C@@H]3CCC4=CC(=O)CCC4=C3C(=O)C[C@@]21C. The number of terminal acetylenes is 1. The van der Waals surface area contributed by atoms with Gasteiger partial charge in [-0.25, -0.2) is 0 Å². The van der Waals surface area contributed by atoms with Crippen molar-refractivity contribution in [1.29, 1.82) is 0 Å². The van der Waals surface area contributed by atoms with Gasteiger partial charge < -0.3 is 5.11 Å². The molecule has 0 aromatic rings. The molecule has 4 aliphatic rings. The minimum Gasteiger partial charge on any atom is -0.377 e. The average Bonchev–Trinajstić information content (AvgIpc) is 2.78. The molecule has 0 heterocycles. The van der Waals surface area contributed by atoms with Gasteiger partial charge in [-0.05, 0) is 61.2 Å². The maximum atomic E-state index is 13.0. The highest BCUT2D eigenvalue weighted by Gasteiger charge is 2.62. The first-order valence-corrected chi connectivity index (χ1v) is 8.60. The van der Waals surface area contributed by atoms with Crippen LogP contribution < -0.4 is 0 Å². The van der Waals surface area contributed by atoms with E-state index in [1.54, 1.807) is 6.08 Å². The molecule has 2 saturated carbocycles. The lowest BCUT2D eigenvalue weighted by Gasteiger charge is -2.49. The quantitative estimate of drug-likeness (QED) is 0.700. The van der Waals surface area contributed by atoms with Gasteiger partial charge in [-0.15, -0.1) is 6.42 Å². The second kappa shape index (κ2) is 4.68. The third-order valence-corrected chi connectivity index (χ3v) is 6.90. The number of hydrogen-bond acceptors (Lipinski definition) is 3. The first kappa shape index (κ1) is 14.9. The summed E-state index contributed by atoms with van der Waals surface area (Å²) in [5, 5.41) is 10.9.